The number of carbonyl (C=O) groups excluding carboxylic acids is 1. The third kappa shape index (κ3) is 2.24. The second-order valence-corrected chi connectivity index (χ2v) is 5.00. The van der Waals surface area contributed by atoms with E-state index in [1.54, 1.807) is 5.38 Å². The van der Waals surface area contributed by atoms with Gasteiger partial charge in [0.1, 0.15) is 5.00 Å². The Kier molecular flexibility index (Phi) is 2.96. The molecule has 16 heavy (non-hydrogen) atoms. The van der Waals surface area contributed by atoms with E-state index in [0.717, 1.165) is 12.8 Å². The maximum absolute atomic E-state index is 11.8. The molecule has 0 saturated heterocycles. The van der Waals surface area contributed by atoms with Crippen molar-refractivity contribution in [2.45, 2.75) is 19.8 Å². The third-order valence-electron chi connectivity index (χ3n) is 2.88. The minimum atomic E-state index is -1.00. The van der Waals surface area contributed by atoms with Crippen LogP contribution in [-0.4, -0.2) is 17.0 Å². The number of hydrogen-bond acceptors (Lipinski definition) is 3. The molecule has 1 fully saturated rings. The number of carbonyl (C=O) groups is 2. The van der Waals surface area contributed by atoms with Gasteiger partial charge in [-0.2, -0.15) is 0 Å². The lowest BCUT2D eigenvalue weighted by molar-refractivity contribution is -0.119. The van der Waals surface area contributed by atoms with Crippen LogP contribution in [0.1, 0.15) is 30.1 Å². The summed E-state index contributed by atoms with van der Waals surface area (Å²) < 4.78 is 0. The maximum Gasteiger partial charge on any atom is 0.338 e. The van der Waals surface area contributed by atoms with E-state index in [1.165, 1.54) is 17.4 Å². The van der Waals surface area contributed by atoms with Crippen LogP contribution in [-0.2, 0) is 4.79 Å². The molecule has 2 N–H and O–H groups in total. The second kappa shape index (κ2) is 4.25. The Morgan fingerprint density at radius 2 is 2.25 bits per heavy atom. The van der Waals surface area contributed by atoms with Crippen molar-refractivity contribution in [1.29, 1.82) is 0 Å². The number of hydrogen-bond donors (Lipinski definition) is 2. The van der Waals surface area contributed by atoms with Crippen LogP contribution in [0.25, 0.3) is 0 Å². The first-order valence-electron chi connectivity index (χ1n) is 5.21. The van der Waals surface area contributed by atoms with Crippen molar-refractivity contribution >= 4 is 28.2 Å². The number of rotatable bonds is 4. The summed E-state index contributed by atoms with van der Waals surface area (Å²) in [5.74, 6) is -0.625. The molecule has 1 saturated carbocycles. The lowest BCUT2D eigenvalue weighted by Crippen LogP contribution is -2.22. The molecule has 1 atom stereocenters. The molecule has 1 heterocycles. The normalized spacial score (nSPS) is 16.8. The Bertz CT molecular complexity index is 423. The van der Waals surface area contributed by atoms with Crippen LogP contribution in [0.5, 0.6) is 0 Å². The molecule has 0 spiro atoms. The van der Waals surface area contributed by atoms with Crippen molar-refractivity contribution in [2.75, 3.05) is 5.32 Å². The van der Waals surface area contributed by atoms with Gasteiger partial charge in [-0.05, 0) is 30.2 Å². The van der Waals surface area contributed by atoms with Crippen molar-refractivity contribution in [3.8, 4) is 0 Å². The van der Waals surface area contributed by atoms with Crippen LogP contribution in [0.15, 0.2) is 11.4 Å². The Hall–Kier alpha value is -1.36. The van der Waals surface area contributed by atoms with E-state index in [-0.39, 0.29) is 17.4 Å². The molecule has 1 aromatic rings. The third-order valence-corrected chi connectivity index (χ3v) is 3.70. The molecule has 1 aliphatic rings. The smallest absolute Gasteiger partial charge is 0.338 e. The first-order chi connectivity index (χ1) is 7.59. The largest absolute Gasteiger partial charge is 0.478 e. The van der Waals surface area contributed by atoms with Crippen LogP contribution in [0.3, 0.4) is 0 Å². The van der Waals surface area contributed by atoms with Crippen molar-refractivity contribution in [3.63, 3.8) is 0 Å². The fourth-order valence-electron chi connectivity index (χ4n) is 1.61. The predicted octanol–water partition coefficient (Wildman–Crippen LogP) is 2.43. The topological polar surface area (TPSA) is 66.4 Å². The van der Waals surface area contributed by atoms with Gasteiger partial charge in [0, 0.05) is 5.92 Å². The van der Waals surface area contributed by atoms with Crippen molar-refractivity contribution in [1.82, 2.24) is 0 Å². The minimum absolute atomic E-state index is 0.0243. The number of anilines is 1. The number of thiophene rings is 1. The molecule has 0 aliphatic heterocycles. The highest BCUT2D eigenvalue weighted by Gasteiger charge is 2.33. The van der Waals surface area contributed by atoms with Crippen LogP contribution in [0, 0.1) is 11.8 Å². The summed E-state index contributed by atoms with van der Waals surface area (Å²) in [7, 11) is 0. The van der Waals surface area contributed by atoms with Crippen LogP contribution >= 0.6 is 11.3 Å². The van der Waals surface area contributed by atoms with Gasteiger partial charge in [-0.25, -0.2) is 4.79 Å². The van der Waals surface area contributed by atoms with E-state index in [1.807, 2.05) is 6.92 Å². The molecule has 5 heteroatoms. The van der Waals surface area contributed by atoms with Gasteiger partial charge in [0.05, 0.1) is 5.56 Å². The van der Waals surface area contributed by atoms with Crippen molar-refractivity contribution < 1.29 is 14.7 Å². The van der Waals surface area contributed by atoms with Gasteiger partial charge in [-0.1, -0.05) is 6.92 Å². The first-order valence-corrected chi connectivity index (χ1v) is 6.09. The molecule has 1 amide bonds. The van der Waals surface area contributed by atoms with Gasteiger partial charge in [-0.15, -0.1) is 11.3 Å². The maximum atomic E-state index is 11.8. The van der Waals surface area contributed by atoms with E-state index in [4.69, 9.17) is 5.11 Å². The minimum Gasteiger partial charge on any atom is -0.478 e. The molecule has 1 unspecified atom stereocenters. The Labute approximate surface area is 97.3 Å². The number of carboxylic acids is 1. The average molecular weight is 239 g/mol. The summed E-state index contributed by atoms with van der Waals surface area (Å²) in [5.41, 5.74) is 0.168. The molecule has 1 aromatic heterocycles. The summed E-state index contributed by atoms with van der Waals surface area (Å²) in [6, 6.07) is 1.50. The molecular formula is C11H13NO3S. The average Bonchev–Trinajstić information content (AvgIpc) is 2.97. The standard InChI is InChI=1S/C11H13NO3S/c1-6(7-2-3-7)9(13)12-10-8(11(14)15)4-5-16-10/h4-7H,2-3H2,1H3,(H,12,13)(H,14,15). The molecular weight excluding hydrogens is 226 g/mol. The summed E-state index contributed by atoms with van der Waals surface area (Å²) in [6.45, 7) is 1.89. The Balaban J connectivity index is 2.05. The Morgan fingerprint density at radius 3 is 2.81 bits per heavy atom. The predicted molar refractivity (Wildman–Crippen MR) is 61.8 cm³/mol. The molecule has 0 radical (unpaired) electrons. The van der Waals surface area contributed by atoms with E-state index in [2.05, 4.69) is 5.32 Å². The lowest BCUT2D eigenvalue weighted by atomic mass is 10.1. The lowest BCUT2D eigenvalue weighted by Gasteiger charge is -2.10. The van der Waals surface area contributed by atoms with Crippen LogP contribution < -0.4 is 5.32 Å². The molecule has 0 aromatic carbocycles. The Morgan fingerprint density at radius 1 is 1.56 bits per heavy atom. The summed E-state index contributed by atoms with van der Waals surface area (Å²) in [5, 5.41) is 13.7. The highest BCUT2D eigenvalue weighted by molar-refractivity contribution is 7.14. The van der Waals surface area contributed by atoms with Crippen molar-refractivity contribution in [3.05, 3.63) is 17.0 Å². The number of aromatic carboxylic acids is 1. The fraction of sp³-hybridized carbons (Fsp3) is 0.455. The number of amides is 1. The zero-order chi connectivity index (χ0) is 11.7. The van der Waals surface area contributed by atoms with E-state index >= 15 is 0 Å². The van der Waals surface area contributed by atoms with Gasteiger partial charge in [-0.3, -0.25) is 4.79 Å². The van der Waals surface area contributed by atoms with Gasteiger partial charge in [0.25, 0.3) is 0 Å². The highest BCUT2D eigenvalue weighted by Crippen LogP contribution is 2.37. The van der Waals surface area contributed by atoms with E-state index < -0.39 is 5.97 Å². The summed E-state index contributed by atoms with van der Waals surface area (Å²) in [4.78, 5) is 22.6. The SMILES string of the molecule is CC(C(=O)Nc1sccc1C(=O)O)C1CC1. The van der Waals surface area contributed by atoms with Crippen LogP contribution in [0.2, 0.25) is 0 Å². The molecule has 1 aliphatic carbocycles. The second-order valence-electron chi connectivity index (χ2n) is 4.08. The zero-order valence-corrected chi connectivity index (χ0v) is 9.71. The zero-order valence-electron chi connectivity index (χ0n) is 8.90. The van der Waals surface area contributed by atoms with Crippen LogP contribution in [0.4, 0.5) is 5.00 Å². The van der Waals surface area contributed by atoms with Gasteiger partial charge < -0.3 is 10.4 Å². The first kappa shape index (κ1) is 11.1. The summed E-state index contributed by atoms with van der Waals surface area (Å²) in [6.07, 6.45) is 2.20. The fourth-order valence-corrected chi connectivity index (χ4v) is 2.39. The number of nitrogens with one attached hydrogen (secondary N) is 1. The molecule has 86 valence electrons. The monoisotopic (exact) mass is 239 g/mol. The molecule has 2 rings (SSSR count). The number of carboxylic acid groups (broad SMARTS) is 1. The highest BCUT2D eigenvalue weighted by atomic mass is 32.1. The van der Waals surface area contributed by atoms with Gasteiger partial charge in [0.2, 0.25) is 5.91 Å². The van der Waals surface area contributed by atoms with E-state index in [9.17, 15) is 9.59 Å². The summed E-state index contributed by atoms with van der Waals surface area (Å²) >= 11 is 1.24. The van der Waals surface area contributed by atoms with E-state index in [0.29, 0.717) is 10.9 Å². The molecule has 0 bridgehead atoms. The van der Waals surface area contributed by atoms with Gasteiger partial charge in [0.15, 0.2) is 0 Å². The van der Waals surface area contributed by atoms with Gasteiger partial charge >= 0.3 is 5.97 Å². The quantitative estimate of drug-likeness (QED) is 0.848. The molecule has 4 nitrogen and oxygen atoms in total. The van der Waals surface area contributed by atoms with Crippen molar-refractivity contribution in [2.24, 2.45) is 11.8 Å².